The highest BCUT2D eigenvalue weighted by atomic mass is 16.5. The van der Waals surface area contributed by atoms with E-state index < -0.39 is 0 Å². The molecule has 1 atom stereocenters. The Morgan fingerprint density at radius 2 is 1.87 bits per heavy atom. The van der Waals surface area contributed by atoms with Crippen molar-refractivity contribution < 1.29 is 9.15 Å². The molecule has 0 saturated carbocycles. The van der Waals surface area contributed by atoms with Crippen LogP contribution < -0.4 is 15.5 Å². The summed E-state index contributed by atoms with van der Waals surface area (Å²) in [5, 5.41) is 3.64. The van der Waals surface area contributed by atoms with Gasteiger partial charge in [-0.05, 0) is 29.8 Å². The molecule has 3 aromatic rings. The van der Waals surface area contributed by atoms with Crippen LogP contribution in [0.4, 0.5) is 5.88 Å². The van der Waals surface area contributed by atoms with Crippen LogP contribution in [0, 0.1) is 0 Å². The molecule has 4 nitrogen and oxygen atoms in total. The molecule has 0 radical (unpaired) electrons. The van der Waals surface area contributed by atoms with Crippen molar-refractivity contribution in [3.63, 3.8) is 0 Å². The van der Waals surface area contributed by atoms with Gasteiger partial charge in [-0.1, -0.05) is 30.3 Å². The lowest BCUT2D eigenvalue weighted by atomic mass is 9.89. The van der Waals surface area contributed by atoms with E-state index in [4.69, 9.17) is 9.15 Å². The largest absolute Gasteiger partial charge is 0.497 e. The van der Waals surface area contributed by atoms with Crippen LogP contribution in [0.5, 0.6) is 5.75 Å². The van der Waals surface area contributed by atoms with E-state index in [2.05, 4.69) is 5.32 Å². The molecule has 1 N–H and O–H groups in total. The number of hydrogen-bond donors (Lipinski definition) is 1. The van der Waals surface area contributed by atoms with Crippen molar-refractivity contribution in [3.05, 3.63) is 82.2 Å². The number of para-hydroxylation sites is 1. The van der Waals surface area contributed by atoms with Gasteiger partial charge in [0, 0.05) is 12.1 Å². The lowest BCUT2D eigenvalue weighted by Crippen LogP contribution is -2.19. The maximum Gasteiger partial charge on any atom is 0.205 e. The fourth-order valence-corrected chi connectivity index (χ4v) is 2.95. The lowest BCUT2D eigenvalue weighted by molar-refractivity contribution is 0.414. The number of anilines is 1. The highest BCUT2D eigenvalue weighted by molar-refractivity contribution is 5.80. The Kier molecular flexibility index (Phi) is 3.15. The summed E-state index contributed by atoms with van der Waals surface area (Å²) in [6, 6.07) is 15.0. The van der Waals surface area contributed by atoms with Crippen LogP contribution in [0.25, 0.3) is 11.0 Å². The molecule has 1 aromatic heterocycles. The molecule has 0 spiro atoms. The van der Waals surface area contributed by atoms with Crippen molar-refractivity contribution in [3.8, 4) is 5.75 Å². The normalized spacial score (nSPS) is 16.0. The number of ether oxygens (including phenoxy) is 1. The van der Waals surface area contributed by atoms with E-state index in [1.165, 1.54) is 0 Å². The van der Waals surface area contributed by atoms with E-state index in [0.29, 0.717) is 22.4 Å². The van der Waals surface area contributed by atoms with Gasteiger partial charge in [0.05, 0.1) is 18.1 Å². The van der Waals surface area contributed by atoms with Crippen molar-refractivity contribution in [1.82, 2.24) is 0 Å². The summed E-state index contributed by atoms with van der Waals surface area (Å²) in [4.78, 5) is 12.9. The van der Waals surface area contributed by atoms with Crippen LogP contribution in [0.1, 0.15) is 17.0 Å². The van der Waals surface area contributed by atoms with Gasteiger partial charge in [0.15, 0.2) is 5.43 Å². The molecule has 114 valence electrons. The average Bonchev–Trinajstić information content (AvgIpc) is 2.61. The Hall–Kier alpha value is -3.01. The van der Waals surface area contributed by atoms with E-state index in [0.717, 1.165) is 11.3 Å². The van der Waals surface area contributed by atoms with Crippen molar-refractivity contribution in [2.24, 2.45) is 0 Å². The number of hydrogen-bond acceptors (Lipinski definition) is 4. The minimum atomic E-state index is -0.141. The maximum atomic E-state index is 12.9. The van der Waals surface area contributed by atoms with Gasteiger partial charge in [-0.3, -0.25) is 4.79 Å². The highest BCUT2D eigenvalue weighted by Gasteiger charge is 2.25. The van der Waals surface area contributed by atoms with Gasteiger partial charge in [0.1, 0.15) is 11.3 Å². The molecule has 0 saturated heterocycles. The van der Waals surface area contributed by atoms with Gasteiger partial charge < -0.3 is 14.5 Å². The number of allylic oxidation sites excluding steroid dienone is 1. The third-order valence-electron chi connectivity index (χ3n) is 4.12. The summed E-state index contributed by atoms with van der Waals surface area (Å²) in [6.45, 7) is 0. The molecule has 1 unspecified atom stereocenters. The topological polar surface area (TPSA) is 51.5 Å². The molecular formula is C19H15NO3. The Balaban J connectivity index is 1.91. The predicted molar refractivity (Wildman–Crippen MR) is 90.1 cm³/mol. The van der Waals surface area contributed by atoms with Crippen molar-refractivity contribution in [2.45, 2.75) is 5.92 Å². The summed E-state index contributed by atoms with van der Waals surface area (Å²) in [5.41, 5.74) is 2.25. The number of nitrogens with one attached hydrogen (secondary N) is 1. The van der Waals surface area contributed by atoms with Gasteiger partial charge in [0.2, 0.25) is 5.88 Å². The second-order valence-corrected chi connectivity index (χ2v) is 5.42. The summed E-state index contributed by atoms with van der Waals surface area (Å²) in [7, 11) is 1.63. The Labute approximate surface area is 133 Å². The van der Waals surface area contributed by atoms with E-state index in [-0.39, 0.29) is 11.3 Å². The first-order valence-corrected chi connectivity index (χ1v) is 7.41. The third-order valence-corrected chi connectivity index (χ3v) is 4.12. The van der Waals surface area contributed by atoms with E-state index in [1.807, 2.05) is 48.7 Å². The summed E-state index contributed by atoms with van der Waals surface area (Å²) < 4.78 is 11.1. The Morgan fingerprint density at radius 3 is 2.65 bits per heavy atom. The second-order valence-electron chi connectivity index (χ2n) is 5.42. The quantitative estimate of drug-likeness (QED) is 0.781. The molecule has 1 aliphatic rings. The summed E-state index contributed by atoms with van der Waals surface area (Å²) in [6.07, 6.45) is 3.78. The zero-order valence-electron chi connectivity index (χ0n) is 12.6. The molecule has 0 fully saturated rings. The molecule has 2 aromatic carbocycles. The van der Waals surface area contributed by atoms with Crippen LogP contribution in [0.3, 0.4) is 0 Å². The van der Waals surface area contributed by atoms with Gasteiger partial charge >= 0.3 is 0 Å². The van der Waals surface area contributed by atoms with Crippen LogP contribution >= 0.6 is 0 Å². The van der Waals surface area contributed by atoms with Crippen molar-refractivity contribution >= 4 is 16.9 Å². The van der Waals surface area contributed by atoms with Crippen LogP contribution in [0.2, 0.25) is 0 Å². The Bertz CT molecular complexity index is 955. The van der Waals surface area contributed by atoms with E-state index in [9.17, 15) is 4.79 Å². The SMILES string of the molecule is COc1ccc(C2C=CNc3oc4ccccc4c(=O)c32)cc1. The molecule has 4 rings (SSSR count). The van der Waals surface area contributed by atoms with Gasteiger partial charge in [0.25, 0.3) is 0 Å². The zero-order valence-corrected chi connectivity index (χ0v) is 12.6. The highest BCUT2D eigenvalue weighted by Crippen LogP contribution is 2.34. The van der Waals surface area contributed by atoms with Gasteiger partial charge in [-0.25, -0.2) is 0 Å². The Morgan fingerprint density at radius 1 is 1.09 bits per heavy atom. The molecule has 0 aliphatic carbocycles. The number of fused-ring (bicyclic) bond motifs is 2. The predicted octanol–water partition coefficient (Wildman–Crippen LogP) is 3.87. The molecular weight excluding hydrogens is 290 g/mol. The van der Waals surface area contributed by atoms with Crippen molar-refractivity contribution in [2.75, 3.05) is 12.4 Å². The molecule has 2 heterocycles. The van der Waals surface area contributed by atoms with E-state index >= 15 is 0 Å². The number of benzene rings is 2. The first-order chi connectivity index (χ1) is 11.3. The summed E-state index contributed by atoms with van der Waals surface area (Å²) >= 11 is 0. The first kappa shape index (κ1) is 13.6. The first-order valence-electron chi connectivity index (χ1n) is 7.41. The molecule has 0 bridgehead atoms. The second kappa shape index (κ2) is 5.32. The van der Waals surface area contributed by atoms with Gasteiger partial charge in [-0.2, -0.15) is 0 Å². The fraction of sp³-hybridized carbons (Fsp3) is 0.105. The zero-order chi connectivity index (χ0) is 15.8. The van der Waals surface area contributed by atoms with Crippen LogP contribution in [-0.4, -0.2) is 7.11 Å². The average molecular weight is 305 g/mol. The van der Waals surface area contributed by atoms with Gasteiger partial charge in [-0.15, -0.1) is 0 Å². The minimum Gasteiger partial charge on any atom is -0.497 e. The summed E-state index contributed by atoms with van der Waals surface area (Å²) in [5.74, 6) is 1.16. The van der Waals surface area contributed by atoms with Crippen LogP contribution in [0.15, 0.2) is 70.0 Å². The fourth-order valence-electron chi connectivity index (χ4n) is 2.95. The third kappa shape index (κ3) is 2.19. The minimum absolute atomic E-state index is 0.000446. The molecule has 23 heavy (non-hydrogen) atoms. The smallest absolute Gasteiger partial charge is 0.205 e. The van der Waals surface area contributed by atoms with Crippen molar-refractivity contribution in [1.29, 1.82) is 0 Å². The maximum absolute atomic E-state index is 12.9. The lowest BCUT2D eigenvalue weighted by Gasteiger charge is -2.21. The molecule has 1 aliphatic heterocycles. The molecule has 0 amide bonds. The monoisotopic (exact) mass is 305 g/mol. The standard InChI is InChI=1S/C19H15NO3/c1-22-13-8-6-12(7-9-13)14-10-11-20-19-17(14)18(21)15-4-2-3-5-16(15)23-19/h2-11,14,20H,1H3. The number of methoxy groups -OCH3 is 1. The number of rotatable bonds is 2. The van der Waals surface area contributed by atoms with E-state index in [1.54, 1.807) is 19.2 Å². The van der Waals surface area contributed by atoms with Crippen LogP contribution in [-0.2, 0) is 0 Å². The molecule has 4 heteroatoms.